The number of hydrogen-bond donors (Lipinski definition) is 2. The molecule has 0 saturated carbocycles. The predicted octanol–water partition coefficient (Wildman–Crippen LogP) is 1.36. The molecule has 4 nitrogen and oxygen atoms in total. The minimum atomic E-state index is -1.11. The molecule has 1 atom stereocenters. The third-order valence-electron chi connectivity index (χ3n) is 3.89. The zero-order valence-electron chi connectivity index (χ0n) is 10.9. The van der Waals surface area contributed by atoms with E-state index < -0.39 is 11.4 Å². The summed E-state index contributed by atoms with van der Waals surface area (Å²) in [7, 11) is 0. The van der Waals surface area contributed by atoms with Gasteiger partial charge in [0.1, 0.15) is 11.4 Å². The largest absolute Gasteiger partial charge is 0.481 e. The fraction of sp³-hybridized carbons (Fsp3) is 0.400. The molecule has 0 amide bonds. The van der Waals surface area contributed by atoms with Crippen molar-refractivity contribution in [3.8, 4) is 0 Å². The summed E-state index contributed by atoms with van der Waals surface area (Å²) in [6.07, 6.45) is 0.766. The number of rotatable bonds is 3. The van der Waals surface area contributed by atoms with Crippen LogP contribution in [0.5, 0.6) is 0 Å². The Labute approximate surface area is 112 Å². The molecule has 0 aromatic heterocycles. The van der Waals surface area contributed by atoms with Gasteiger partial charge in [-0.25, -0.2) is 4.79 Å². The minimum absolute atomic E-state index is 0.307. The van der Waals surface area contributed by atoms with Crippen molar-refractivity contribution in [2.24, 2.45) is 5.41 Å². The minimum Gasteiger partial charge on any atom is -0.481 e. The normalized spacial score (nSPS) is 22.9. The van der Waals surface area contributed by atoms with E-state index in [1.54, 1.807) is 0 Å². The van der Waals surface area contributed by atoms with Crippen LogP contribution < -0.4 is 5.32 Å². The first-order chi connectivity index (χ1) is 9.10. The van der Waals surface area contributed by atoms with Crippen molar-refractivity contribution in [1.82, 2.24) is 5.32 Å². The Morgan fingerprint density at radius 1 is 1.47 bits per heavy atom. The van der Waals surface area contributed by atoms with Crippen LogP contribution in [0.3, 0.4) is 0 Å². The maximum atomic E-state index is 11.7. The average molecular weight is 259 g/mol. The molecule has 1 aliphatic rings. The van der Waals surface area contributed by atoms with E-state index in [1.165, 1.54) is 0 Å². The molecule has 0 spiro atoms. The Kier molecular flexibility index (Phi) is 3.84. The van der Waals surface area contributed by atoms with Gasteiger partial charge in [0, 0.05) is 12.1 Å². The molecule has 0 bridgehead atoms. The van der Waals surface area contributed by atoms with Crippen molar-refractivity contribution in [2.45, 2.75) is 19.8 Å². The number of hydrogen-bond acceptors (Lipinski definition) is 3. The zero-order valence-corrected chi connectivity index (χ0v) is 10.9. The van der Waals surface area contributed by atoms with E-state index >= 15 is 0 Å². The lowest BCUT2D eigenvalue weighted by Crippen LogP contribution is -2.46. The summed E-state index contributed by atoms with van der Waals surface area (Å²) < 4.78 is 0. The molecule has 1 aromatic rings. The van der Waals surface area contributed by atoms with E-state index in [-0.39, 0.29) is 0 Å². The van der Waals surface area contributed by atoms with Crippen LogP contribution in [-0.4, -0.2) is 30.1 Å². The summed E-state index contributed by atoms with van der Waals surface area (Å²) in [6.45, 7) is 2.86. The number of benzene rings is 1. The van der Waals surface area contributed by atoms with E-state index in [0.717, 1.165) is 11.1 Å². The summed E-state index contributed by atoms with van der Waals surface area (Å²) in [5.74, 6) is 0.905. The smallest absolute Gasteiger partial charge is 0.314 e. The van der Waals surface area contributed by atoms with Gasteiger partial charge < -0.3 is 10.4 Å². The molecule has 1 fully saturated rings. The van der Waals surface area contributed by atoms with Gasteiger partial charge in [0.25, 0.3) is 0 Å². The van der Waals surface area contributed by atoms with Crippen LogP contribution in [0.4, 0.5) is 0 Å². The number of nitrogens with one attached hydrogen (secondary N) is 1. The van der Waals surface area contributed by atoms with Crippen LogP contribution in [0.2, 0.25) is 0 Å². The molecule has 19 heavy (non-hydrogen) atoms. The van der Waals surface area contributed by atoms with Gasteiger partial charge in [0.05, 0.1) is 0 Å². The van der Waals surface area contributed by atoms with E-state index in [9.17, 15) is 14.7 Å². The Balaban J connectivity index is 2.43. The second-order valence-electron chi connectivity index (χ2n) is 5.00. The number of piperidine rings is 1. The van der Waals surface area contributed by atoms with Crippen molar-refractivity contribution in [2.75, 3.05) is 13.1 Å². The number of carbonyl (C=O) groups is 1. The van der Waals surface area contributed by atoms with Crippen molar-refractivity contribution < 1.29 is 14.7 Å². The number of aliphatic carboxylic acids is 1. The molecule has 0 radical (unpaired) electrons. The fourth-order valence-corrected chi connectivity index (χ4v) is 2.61. The van der Waals surface area contributed by atoms with Crippen molar-refractivity contribution >= 4 is 11.9 Å². The van der Waals surface area contributed by atoms with Gasteiger partial charge in [-0.15, -0.1) is 0 Å². The van der Waals surface area contributed by atoms with Gasteiger partial charge in [-0.1, -0.05) is 24.3 Å². The number of carbonyl (C=O) groups excluding carboxylic acids is 1. The number of aryl methyl sites for hydroxylation is 1. The molecular weight excluding hydrogens is 242 g/mol. The van der Waals surface area contributed by atoms with Crippen molar-refractivity contribution in [3.05, 3.63) is 41.0 Å². The van der Waals surface area contributed by atoms with Gasteiger partial charge in [-0.05, 0) is 37.4 Å². The quantitative estimate of drug-likeness (QED) is 0.804. The summed E-state index contributed by atoms with van der Waals surface area (Å²) in [6, 6.07) is 7.69. The molecule has 4 heteroatoms. The lowest BCUT2D eigenvalue weighted by atomic mass is 9.71. The van der Waals surface area contributed by atoms with Crippen LogP contribution in [0.25, 0.3) is 0 Å². The summed E-state index contributed by atoms with van der Waals surface area (Å²) in [5, 5.41) is 12.6. The Morgan fingerprint density at radius 2 is 2.21 bits per heavy atom. The highest BCUT2D eigenvalue weighted by Crippen LogP contribution is 2.37. The SMILES string of the molecule is Cc1ccccc1CC1(C(=O)O)CCNCC1=C=O. The highest BCUT2D eigenvalue weighted by atomic mass is 16.4. The summed E-state index contributed by atoms with van der Waals surface area (Å²) >= 11 is 0. The van der Waals surface area contributed by atoms with E-state index in [1.807, 2.05) is 37.1 Å². The molecule has 1 heterocycles. The third-order valence-corrected chi connectivity index (χ3v) is 3.89. The average Bonchev–Trinajstić information content (AvgIpc) is 2.41. The monoisotopic (exact) mass is 259 g/mol. The first-order valence-corrected chi connectivity index (χ1v) is 6.33. The number of carboxylic acids is 1. The second kappa shape index (κ2) is 5.39. The fourth-order valence-electron chi connectivity index (χ4n) is 2.61. The molecule has 2 N–H and O–H groups in total. The van der Waals surface area contributed by atoms with Crippen LogP contribution in [0.1, 0.15) is 17.5 Å². The number of carboxylic acid groups (broad SMARTS) is 1. The van der Waals surface area contributed by atoms with Crippen molar-refractivity contribution in [1.29, 1.82) is 0 Å². The molecule has 1 aliphatic heterocycles. The highest BCUT2D eigenvalue weighted by Gasteiger charge is 2.44. The Hall–Kier alpha value is -1.90. The molecule has 100 valence electrons. The zero-order chi connectivity index (χ0) is 13.9. The molecule has 1 saturated heterocycles. The molecule has 2 rings (SSSR count). The third kappa shape index (κ3) is 2.46. The second-order valence-corrected chi connectivity index (χ2v) is 5.00. The first kappa shape index (κ1) is 13.5. The standard InChI is InChI=1S/C15H17NO3/c1-11-4-2-3-5-12(11)8-15(14(18)19)6-7-16-9-13(15)10-17/h2-5,16H,6-9H2,1H3,(H,18,19). The molecular formula is C15H17NO3. The van der Waals surface area contributed by atoms with Gasteiger partial charge in [0.15, 0.2) is 0 Å². The lowest BCUT2D eigenvalue weighted by molar-refractivity contribution is -0.147. The summed E-state index contributed by atoms with van der Waals surface area (Å²) in [5.41, 5.74) is 1.22. The van der Waals surface area contributed by atoms with E-state index in [4.69, 9.17) is 0 Å². The Morgan fingerprint density at radius 3 is 2.84 bits per heavy atom. The maximum Gasteiger partial charge on any atom is 0.314 e. The van der Waals surface area contributed by atoms with Gasteiger partial charge >= 0.3 is 5.97 Å². The topological polar surface area (TPSA) is 66.4 Å². The Bertz CT molecular complexity index is 546. The predicted molar refractivity (Wildman–Crippen MR) is 71.6 cm³/mol. The van der Waals surface area contributed by atoms with Gasteiger partial charge in [0.2, 0.25) is 0 Å². The highest BCUT2D eigenvalue weighted by molar-refractivity contribution is 5.83. The van der Waals surface area contributed by atoms with Crippen LogP contribution in [-0.2, 0) is 16.0 Å². The molecule has 0 aliphatic carbocycles. The van der Waals surface area contributed by atoms with E-state index in [0.29, 0.717) is 31.5 Å². The maximum absolute atomic E-state index is 11.7. The summed E-state index contributed by atoms with van der Waals surface area (Å²) in [4.78, 5) is 22.8. The van der Waals surface area contributed by atoms with Crippen LogP contribution >= 0.6 is 0 Å². The van der Waals surface area contributed by atoms with E-state index in [2.05, 4.69) is 5.32 Å². The first-order valence-electron chi connectivity index (χ1n) is 6.33. The molecule has 1 aromatic carbocycles. The van der Waals surface area contributed by atoms with Crippen LogP contribution in [0.15, 0.2) is 29.8 Å². The van der Waals surface area contributed by atoms with Crippen LogP contribution in [0, 0.1) is 12.3 Å². The van der Waals surface area contributed by atoms with Gasteiger partial charge in [-0.3, -0.25) is 4.79 Å². The van der Waals surface area contributed by atoms with Gasteiger partial charge in [-0.2, -0.15) is 0 Å². The molecule has 1 unspecified atom stereocenters. The van der Waals surface area contributed by atoms with Crippen molar-refractivity contribution in [3.63, 3.8) is 0 Å². The lowest BCUT2D eigenvalue weighted by Gasteiger charge is -2.34.